The van der Waals surface area contributed by atoms with Crippen LogP contribution in [-0.4, -0.2) is 62.1 Å². The smallest absolute Gasteiger partial charge is 0.328 e. The molecule has 1 aromatic heterocycles. The van der Waals surface area contributed by atoms with Gasteiger partial charge in [-0.15, -0.1) is 0 Å². The second-order valence-electron chi connectivity index (χ2n) is 5.17. The van der Waals surface area contributed by atoms with E-state index >= 15 is 0 Å². The highest BCUT2D eigenvalue weighted by Gasteiger charge is 2.27. The van der Waals surface area contributed by atoms with Gasteiger partial charge in [-0.1, -0.05) is 5.16 Å². The Kier molecular flexibility index (Phi) is 7.22. The molecule has 4 atom stereocenters. The van der Waals surface area contributed by atoms with E-state index in [4.69, 9.17) is 26.2 Å². The first-order valence-corrected chi connectivity index (χ1v) is 7.11. The van der Waals surface area contributed by atoms with Crippen LogP contribution in [0.2, 0.25) is 0 Å². The van der Waals surface area contributed by atoms with Crippen LogP contribution in [0.1, 0.15) is 37.1 Å². The van der Waals surface area contributed by atoms with E-state index in [0.29, 0.717) is 0 Å². The summed E-state index contributed by atoms with van der Waals surface area (Å²) in [7, 11) is 0. The number of hydrogen-bond donors (Lipinski definition) is 7. The predicted octanol–water partition coefficient (Wildman–Crippen LogP) is -2.89. The Balaban J connectivity index is 2.89. The minimum absolute atomic E-state index is 0.0551. The van der Waals surface area contributed by atoms with E-state index < -0.39 is 55.2 Å². The first-order valence-electron chi connectivity index (χ1n) is 7.11. The molecule has 0 aromatic carbocycles. The second-order valence-corrected chi connectivity index (χ2v) is 5.17. The average Bonchev–Trinajstić information content (AvgIpc) is 3.00. The number of aliphatic hydroxyl groups excluding tert-OH is 2. The highest BCUT2D eigenvalue weighted by molar-refractivity contribution is 5.83. The number of carbonyl (C=O) groups excluding carboxylic acids is 2. The number of aliphatic carboxylic acids is 1. The van der Waals surface area contributed by atoms with Crippen LogP contribution in [0, 0.1) is 0 Å². The predicted molar refractivity (Wildman–Crippen MR) is 79.6 cm³/mol. The fourth-order valence-corrected chi connectivity index (χ4v) is 1.68. The number of carbonyl (C=O) groups is 3. The van der Waals surface area contributed by atoms with Crippen molar-refractivity contribution in [3.8, 4) is 0 Å². The van der Waals surface area contributed by atoms with Crippen molar-refractivity contribution in [2.24, 2.45) is 11.5 Å². The molecule has 0 saturated carbocycles. The highest BCUT2D eigenvalue weighted by Crippen LogP contribution is 2.18. The molecule has 0 aliphatic rings. The number of primary amides is 1. The molecule has 0 bridgehead atoms. The maximum atomic E-state index is 11.8. The molecule has 13 nitrogen and oxygen atoms in total. The molecule has 1 rings (SSSR count). The molecule has 13 heteroatoms. The molecule has 0 fully saturated rings. The molecule has 0 radical (unpaired) electrons. The van der Waals surface area contributed by atoms with Crippen molar-refractivity contribution >= 4 is 17.9 Å². The minimum Gasteiger partial charge on any atom is -0.480 e. The summed E-state index contributed by atoms with van der Waals surface area (Å²) >= 11 is 0. The highest BCUT2D eigenvalue weighted by atomic mass is 16.5. The number of urea groups is 1. The van der Waals surface area contributed by atoms with Crippen LogP contribution in [-0.2, 0) is 9.59 Å². The molecular formula is C12H20N6O7. The van der Waals surface area contributed by atoms with E-state index in [2.05, 4.69) is 15.5 Å². The van der Waals surface area contributed by atoms with Gasteiger partial charge in [0.2, 0.25) is 11.8 Å². The first-order chi connectivity index (χ1) is 11.6. The van der Waals surface area contributed by atoms with Crippen LogP contribution in [0.25, 0.3) is 0 Å². The van der Waals surface area contributed by atoms with E-state index in [1.165, 1.54) is 6.92 Å². The lowest BCUT2D eigenvalue weighted by atomic mass is 10.2. The summed E-state index contributed by atoms with van der Waals surface area (Å²) in [5.74, 6) is -2.52. The molecule has 25 heavy (non-hydrogen) atoms. The zero-order valence-electron chi connectivity index (χ0n) is 13.2. The summed E-state index contributed by atoms with van der Waals surface area (Å²) in [6, 6.07) is -4.66. The van der Waals surface area contributed by atoms with Crippen LogP contribution in [0.5, 0.6) is 0 Å². The normalized spacial score (nSPS) is 15.7. The number of hydrogen-bond acceptors (Lipinski definition) is 9. The summed E-state index contributed by atoms with van der Waals surface area (Å²) in [5.41, 5.74) is 10.7. The first kappa shape index (κ1) is 20.3. The molecule has 140 valence electrons. The van der Waals surface area contributed by atoms with Gasteiger partial charge in [0.25, 0.3) is 0 Å². The van der Waals surface area contributed by atoms with Crippen molar-refractivity contribution in [2.75, 3.05) is 6.61 Å². The molecule has 9 N–H and O–H groups in total. The van der Waals surface area contributed by atoms with E-state index in [-0.39, 0.29) is 11.7 Å². The van der Waals surface area contributed by atoms with Crippen molar-refractivity contribution < 1.29 is 34.2 Å². The van der Waals surface area contributed by atoms with Gasteiger partial charge in [-0.25, -0.2) is 9.59 Å². The van der Waals surface area contributed by atoms with Gasteiger partial charge in [-0.05, 0) is 6.92 Å². The van der Waals surface area contributed by atoms with Crippen molar-refractivity contribution in [3.05, 3.63) is 11.7 Å². The monoisotopic (exact) mass is 360 g/mol. The maximum absolute atomic E-state index is 11.8. The number of rotatable bonds is 9. The summed E-state index contributed by atoms with van der Waals surface area (Å²) in [5, 5.41) is 34.8. The third-order valence-corrected chi connectivity index (χ3v) is 3.07. The van der Waals surface area contributed by atoms with E-state index in [1.54, 1.807) is 0 Å². The maximum Gasteiger partial charge on any atom is 0.328 e. The average molecular weight is 360 g/mol. The Morgan fingerprint density at radius 2 is 1.96 bits per heavy atom. The number of nitrogens with two attached hydrogens (primary N) is 2. The molecule has 1 aromatic rings. The Bertz CT molecular complexity index is 619. The van der Waals surface area contributed by atoms with E-state index in [0.717, 1.165) is 0 Å². The second kappa shape index (κ2) is 8.91. The van der Waals surface area contributed by atoms with Crippen LogP contribution in [0.4, 0.5) is 4.79 Å². The van der Waals surface area contributed by atoms with Gasteiger partial charge in [0.05, 0.1) is 25.2 Å². The van der Waals surface area contributed by atoms with Crippen molar-refractivity contribution in [1.82, 2.24) is 20.8 Å². The summed E-state index contributed by atoms with van der Waals surface area (Å²) in [6.07, 6.45) is -1.40. The standard InChI is InChI=1S/C12H20N6O7/c1-4(20)8(14)9-17-10(25-18-9)5(2-7(13)21)15-12(24)16-6(3-19)11(22)23/h4-6,8,19-20H,2-3,14H2,1H3,(H2,13,21)(H,22,23)(H2,15,16,24). The number of nitrogens with one attached hydrogen (secondary N) is 2. The third-order valence-electron chi connectivity index (χ3n) is 3.07. The molecule has 1 heterocycles. The third kappa shape index (κ3) is 5.98. The number of aromatic nitrogens is 2. The Labute approximate surface area is 141 Å². The van der Waals surface area contributed by atoms with Crippen LogP contribution < -0.4 is 22.1 Å². The molecule has 0 aliphatic carbocycles. The number of nitrogens with zero attached hydrogens (tertiary/aromatic N) is 2. The lowest BCUT2D eigenvalue weighted by molar-refractivity contribution is -0.140. The summed E-state index contributed by atoms with van der Waals surface area (Å²) in [4.78, 5) is 37.7. The fourth-order valence-electron chi connectivity index (χ4n) is 1.68. The van der Waals surface area contributed by atoms with Gasteiger partial charge in [-0.2, -0.15) is 4.98 Å². The number of amides is 3. The minimum atomic E-state index is -1.55. The Morgan fingerprint density at radius 1 is 1.32 bits per heavy atom. The summed E-state index contributed by atoms with van der Waals surface area (Å²) in [6.45, 7) is 0.575. The molecule has 0 spiro atoms. The van der Waals surface area contributed by atoms with Gasteiger partial charge >= 0.3 is 12.0 Å². The quantitative estimate of drug-likeness (QED) is 0.238. The molecule has 3 amide bonds. The van der Waals surface area contributed by atoms with Gasteiger partial charge in [0.15, 0.2) is 11.9 Å². The van der Waals surface area contributed by atoms with Gasteiger partial charge < -0.3 is 41.9 Å². The lowest BCUT2D eigenvalue weighted by Gasteiger charge is -2.16. The molecular weight excluding hydrogens is 340 g/mol. The molecule has 0 aliphatic heterocycles. The van der Waals surface area contributed by atoms with Crippen LogP contribution in [0.15, 0.2) is 4.52 Å². The molecule has 4 unspecified atom stereocenters. The van der Waals surface area contributed by atoms with Gasteiger partial charge in [0, 0.05) is 0 Å². The molecule has 0 saturated heterocycles. The lowest BCUT2D eigenvalue weighted by Crippen LogP contribution is -2.49. The summed E-state index contributed by atoms with van der Waals surface area (Å²) < 4.78 is 4.91. The number of carboxylic acid groups (broad SMARTS) is 1. The Hall–Kier alpha value is -2.77. The zero-order chi connectivity index (χ0) is 19.1. The van der Waals surface area contributed by atoms with E-state index in [9.17, 15) is 19.5 Å². The SMILES string of the molecule is CC(O)C(N)c1noc(C(CC(N)=O)NC(=O)NC(CO)C(=O)O)n1. The Morgan fingerprint density at radius 3 is 2.44 bits per heavy atom. The van der Waals surface area contributed by atoms with Crippen LogP contribution in [0.3, 0.4) is 0 Å². The zero-order valence-corrected chi connectivity index (χ0v) is 13.2. The van der Waals surface area contributed by atoms with Crippen molar-refractivity contribution in [1.29, 1.82) is 0 Å². The number of aliphatic hydroxyl groups is 2. The van der Waals surface area contributed by atoms with Crippen molar-refractivity contribution in [3.63, 3.8) is 0 Å². The van der Waals surface area contributed by atoms with E-state index in [1.807, 2.05) is 5.32 Å². The van der Waals surface area contributed by atoms with Gasteiger partial charge in [0.1, 0.15) is 6.04 Å². The van der Waals surface area contributed by atoms with Gasteiger partial charge in [-0.3, -0.25) is 4.79 Å². The fraction of sp³-hybridized carbons (Fsp3) is 0.583. The van der Waals surface area contributed by atoms with Crippen molar-refractivity contribution in [2.45, 2.75) is 37.6 Å². The topological polar surface area (TPSA) is 227 Å². The number of carboxylic acids is 1. The van der Waals surface area contributed by atoms with Crippen LogP contribution >= 0.6 is 0 Å². The largest absolute Gasteiger partial charge is 0.480 e.